The Hall–Kier alpha value is -1.35. The smallest absolute Gasteiger partial charge is 0.222 e. The van der Waals surface area contributed by atoms with Crippen LogP contribution in [0, 0.1) is 12.8 Å². The zero-order valence-electron chi connectivity index (χ0n) is 13.4. The number of likely N-dealkylation sites (tertiary alicyclic amines) is 1. The van der Waals surface area contributed by atoms with E-state index in [9.17, 15) is 4.79 Å². The molecule has 3 heteroatoms. The van der Waals surface area contributed by atoms with Crippen molar-refractivity contribution in [3.8, 4) is 0 Å². The van der Waals surface area contributed by atoms with Crippen LogP contribution in [0.1, 0.15) is 36.8 Å². The molecule has 2 rings (SSSR count). The number of carbonyl (C=O) groups excluding carboxylic acids is 1. The number of nitrogens with zero attached hydrogens (tertiary/aromatic N) is 1. The number of rotatable bonds is 6. The summed E-state index contributed by atoms with van der Waals surface area (Å²) in [4.78, 5) is 14.4. The lowest BCUT2D eigenvalue weighted by Gasteiger charge is -2.32. The van der Waals surface area contributed by atoms with Gasteiger partial charge in [0.1, 0.15) is 0 Å². The number of piperidine rings is 1. The van der Waals surface area contributed by atoms with Gasteiger partial charge in [-0.25, -0.2) is 0 Å². The largest absolute Gasteiger partial charge is 0.343 e. The number of nitrogens with one attached hydrogen (secondary N) is 1. The van der Waals surface area contributed by atoms with Gasteiger partial charge in [-0.2, -0.15) is 0 Å². The van der Waals surface area contributed by atoms with Crippen molar-refractivity contribution < 1.29 is 4.79 Å². The maximum absolute atomic E-state index is 12.3. The Labute approximate surface area is 128 Å². The van der Waals surface area contributed by atoms with Gasteiger partial charge >= 0.3 is 0 Å². The summed E-state index contributed by atoms with van der Waals surface area (Å²) in [6.07, 6.45) is 5.08. The van der Waals surface area contributed by atoms with E-state index < -0.39 is 0 Å². The van der Waals surface area contributed by atoms with Gasteiger partial charge < -0.3 is 10.2 Å². The van der Waals surface area contributed by atoms with Crippen molar-refractivity contribution >= 4 is 5.91 Å². The van der Waals surface area contributed by atoms with Crippen molar-refractivity contribution in [2.75, 3.05) is 26.7 Å². The summed E-state index contributed by atoms with van der Waals surface area (Å²) in [5.74, 6) is 1.11. The maximum atomic E-state index is 12.3. The summed E-state index contributed by atoms with van der Waals surface area (Å²) in [6.45, 7) is 5.10. The highest BCUT2D eigenvalue weighted by Gasteiger charge is 2.22. The summed E-state index contributed by atoms with van der Waals surface area (Å²) in [7, 11) is 2.00. The quantitative estimate of drug-likeness (QED) is 0.873. The van der Waals surface area contributed by atoms with E-state index in [0.29, 0.717) is 12.3 Å². The van der Waals surface area contributed by atoms with E-state index >= 15 is 0 Å². The van der Waals surface area contributed by atoms with Crippen LogP contribution in [0.3, 0.4) is 0 Å². The van der Waals surface area contributed by atoms with Crippen molar-refractivity contribution in [3.05, 3.63) is 35.4 Å². The summed E-state index contributed by atoms with van der Waals surface area (Å²) >= 11 is 0. The summed E-state index contributed by atoms with van der Waals surface area (Å²) < 4.78 is 0. The van der Waals surface area contributed by atoms with Crippen LogP contribution in [0.4, 0.5) is 0 Å². The molecule has 1 aromatic rings. The van der Waals surface area contributed by atoms with Gasteiger partial charge in [0.2, 0.25) is 5.91 Å². The van der Waals surface area contributed by atoms with Gasteiger partial charge in [-0.05, 0) is 63.2 Å². The molecule has 1 fully saturated rings. The molecular weight excluding hydrogens is 260 g/mol. The van der Waals surface area contributed by atoms with Crippen LogP contribution in [0.5, 0.6) is 0 Å². The number of hydrogen-bond donors (Lipinski definition) is 1. The van der Waals surface area contributed by atoms with Gasteiger partial charge in [0.05, 0.1) is 0 Å². The average Bonchev–Trinajstić information content (AvgIpc) is 2.52. The van der Waals surface area contributed by atoms with Gasteiger partial charge in [-0.1, -0.05) is 24.3 Å². The van der Waals surface area contributed by atoms with Crippen molar-refractivity contribution in [2.24, 2.45) is 5.92 Å². The molecule has 0 aliphatic carbocycles. The van der Waals surface area contributed by atoms with Crippen molar-refractivity contribution in [1.29, 1.82) is 0 Å². The van der Waals surface area contributed by atoms with Gasteiger partial charge in [0.25, 0.3) is 0 Å². The first-order chi connectivity index (χ1) is 10.2. The lowest BCUT2D eigenvalue weighted by molar-refractivity contribution is -0.132. The predicted molar refractivity (Wildman–Crippen MR) is 87.3 cm³/mol. The topological polar surface area (TPSA) is 32.3 Å². The number of benzene rings is 1. The average molecular weight is 288 g/mol. The molecule has 1 aromatic carbocycles. The van der Waals surface area contributed by atoms with E-state index in [4.69, 9.17) is 0 Å². The van der Waals surface area contributed by atoms with E-state index in [1.54, 1.807) is 0 Å². The van der Waals surface area contributed by atoms with E-state index in [1.807, 2.05) is 7.05 Å². The second-order valence-corrected chi connectivity index (χ2v) is 6.14. The third kappa shape index (κ3) is 4.85. The second kappa shape index (κ2) is 8.18. The SMILES string of the molecule is CNCCC1CCN(C(=O)CCc2ccccc2C)CC1. The Morgan fingerprint density at radius 1 is 1.29 bits per heavy atom. The molecule has 1 aliphatic heterocycles. The summed E-state index contributed by atoms with van der Waals surface area (Å²) in [5.41, 5.74) is 2.59. The zero-order chi connectivity index (χ0) is 15.1. The molecule has 3 nitrogen and oxygen atoms in total. The number of carbonyl (C=O) groups is 1. The molecule has 0 atom stereocenters. The highest BCUT2D eigenvalue weighted by atomic mass is 16.2. The number of hydrogen-bond acceptors (Lipinski definition) is 2. The third-order valence-corrected chi connectivity index (χ3v) is 4.64. The van der Waals surface area contributed by atoms with E-state index in [0.717, 1.165) is 44.8 Å². The molecule has 1 N–H and O–H groups in total. The first-order valence-electron chi connectivity index (χ1n) is 8.17. The van der Waals surface area contributed by atoms with Crippen LogP contribution < -0.4 is 5.32 Å². The third-order valence-electron chi connectivity index (χ3n) is 4.64. The van der Waals surface area contributed by atoms with Crippen LogP contribution in [-0.4, -0.2) is 37.5 Å². The van der Waals surface area contributed by atoms with E-state index in [1.165, 1.54) is 17.5 Å². The van der Waals surface area contributed by atoms with E-state index in [2.05, 4.69) is 41.4 Å². The Morgan fingerprint density at radius 3 is 2.67 bits per heavy atom. The van der Waals surface area contributed by atoms with Crippen LogP contribution in [-0.2, 0) is 11.2 Å². The number of aryl methyl sites for hydroxylation is 2. The molecule has 0 aromatic heterocycles. The van der Waals surface area contributed by atoms with Gasteiger partial charge in [-0.3, -0.25) is 4.79 Å². The Morgan fingerprint density at radius 2 is 2.00 bits per heavy atom. The predicted octanol–water partition coefficient (Wildman–Crippen LogP) is 2.78. The van der Waals surface area contributed by atoms with Crippen LogP contribution in [0.25, 0.3) is 0 Å². The van der Waals surface area contributed by atoms with Crippen LogP contribution in [0.2, 0.25) is 0 Å². The molecule has 21 heavy (non-hydrogen) atoms. The van der Waals surface area contributed by atoms with Crippen molar-refractivity contribution in [2.45, 2.75) is 39.0 Å². The van der Waals surface area contributed by atoms with Crippen LogP contribution >= 0.6 is 0 Å². The van der Waals surface area contributed by atoms with Gasteiger partial charge in [-0.15, -0.1) is 0 Å². The van der Waals surface area contributed by atoms with E-state index in [-0.39, 0.29) is 0 Å². The Bertz CT molecular complexity index is 450. The molecule has 0 unspecified atom stereocenters. The zero-order valence-corrected chi connectivity index (χ0v) is 13.4. The summed E-state index contributed by atoms with van der Waals surface area (Å²) in [6, 6.07) is 8.36. The minimum atomic E-state index is 0.324. The first kappa shape index (κ1) is 16.0. The minimum Gasteiger partial charge on any atom is -0.343 e. The molecule has 0 radical (unpaired) electrons. The van der Waals surface area contributed by atoms with Crippen LogP contribution in [0.15, 0.2) is 24.3 Å². The molecule has 0 bridgehead atoms. The fourth-order valence-electron chi connectivity index (χ4n) is 3.11. The molecular formula is C18H28N2O. The van der Waals surface area contributed by atoms with Crippen molar-refractivity contribution in [3.63, 3.8) is 0 Å². The second-order valence-electron chi connectivity index (χ2n) is 6.14. The summed E-state index contributed by atoms with van der Waals surface area (Å²) in [5, 5.41) is 3.21. The normalized spacial score (nSPS) is 16.2. The molecule has 116 valence electrons. The maximum Gasteiger partial charge on any atom is 0.222 e. The van der Waals surface area contributed by atoms with Gasteiger partial charge in [0.15, 0.2) is 0 Å². The molecule has 1 amide bonds. The lowest BCUT2D eigenvalue weighted by atomic mass is 9.93. The Balaban J connectivity index is 1.74. The highest BCUT2D eigenvalue weighted by Crippen LogP contribution is 2.21. The molecule has 0 saturated carbocycles. The highest BCUT2D eigenvalue weighted by molar-refractivity contribution is 5.76. The van der Waals surface area contributed by atoms with Gasteiger partial charge in [0, 0.05) is 19.5 Å². The fraction of sp³-hybridized carbons (Fsp3) is 0.611. The fourth-order valence-corrected chi connectivity index (χ4v) is 3.11. The monoisotopic (exact) mass is 288 g/mol. The van der Waals surface area contributed by atoms with Crippen molar-refractivity contribution in [1.82, 2.24) is 10.2 Å². The molecule has 1 heterocycles. The Kier molecular flexibility index (Phi) is 6.24. The minimum absolute atomic E-state index is 0.324. The lowest BCUT2D eigenvalue weighted by Crippen LogP contribution is -2.39. The molecule has 1 aliphatic rings. The molecule has 0 spiro atoms. The number of amides is 1. The molecule has 1 saturated heterocycles. The standard InChI is InChI=1S/C18H28N2O/c1-15-5-3-4-6-17(15)7-8-18(21)20-13-10-16(11-14-20)9-12-19-2/h3-6,16,19H,7-14H2,1-2H3. The first-order valence-corrected chi connectivity index (χ1v) is 8.17.